The molecule has 1 saturated heterocycles. The molecule has 1 unspecified atom stereocenters. The number of ether oxygens (including phenoxy) is 2. The first-order valence-electron chi connectivity index (χ1n) is 3.97. The molecule has 0 aliphatic carbocycles. The van der Waals surface area contributed by atoms with Crippen LogP contribution in [0, 0.1) is 0 Å². The van der Waals surface area contributed by atoms with E-state index in [1.807, 2.05) is 0 Å². The second kappa shape index (κ2) is 6.58. The summed E-state index contributed by atoms with van der Waals surface area (Å²) in [6.45, 7) is 5.77. The highest BCUT2D eigenvalue weighted by Gasteiger charge is 2.16. The SMILES string of the molecule is CC(C)OC1CCOC1.CO. The first-order valence-corrected chi connectivity index (χ1v) is 3.97. The molecule has 1 heterocycles. The van der Waals surface area contributed by atoms with E-state index in [0.717, 1.165) is 26.7 Å². The molecule has 1 N–H and O–H groups in total. The number of aliphatic hydroxyl groups is 1. The van der Waals surface area contributed by atoms with Crippen LogP contribution in [0.25, 0.3) is 0 Å². The Kier molecular flexibility index (Phi) is 6.51. The molecule has 1 aliphatic rings. The van der Waals surface area contributed by atoms with E-state index >= 15 is 0 Å². The molecule has 0 spiro atoms. The summed E-state index contributed by atoms with van der Waals surface area (Å²) >= 11 is 0. The molecule has 1 rings (SSSR count). The summed E-state index contributed by atoms with van der Waals surface area (Å²) < 4.78 is 10.6. The van der Waals surface area contributed by atoms with Gasteiger partial charge in [-0.1, -0.05) is 0 Å². The van der Waals surface area contributed by atoms with Crippen LogP contribution in [0.4, 0.5) is 0 Å². The van der Waals surface area contributed by atoms with E-state index in [4.69, 9.17) is 14.6 Å². The fourth-order valence-corrected chi connectivity index (χ4v) is 1.01. The van der Waals surface area contributed by atoms with Gasteiger partial charge in [-0.05, 0) is 20.3 Å². The lowest BCUT2D eigenvalue weighted by Gasteiger charge is -2.12. The van der Waals surface area contributed by atoms with Crippen molar-refractivity contribution in [2.75, 3.05) is 20.3 Å². The summed E-state index contributed by atoms with van der Waals surface area (Å²) in [6, 6.07) is 0. The van der Waals surface area contributed by atoms with Gasteiger partial charge in [0.1, 0.15) is 0 Å². The molecule has 0 amide bonds. The summed E-state index contributed by atoms with van der Waals surface area (Å²) in [5.74, 6) is 0. The third-order valence-corrected chi connectivity index (χ3v) is 1.35. The summed E-state index contributed by atoms with van der Waals surface area (Å²) in [4.78, 5) is 0. The van der Waals surface area contributed by atoms with Gasteiger partial charge in [0.15, 0.2) is 0 Å². The second-order valence-corrected chi connectivity index (χ2v) is 2.67. The Morgan fingerprint density at radius 1 is 1.45 bits per heavy atom. The lowest BCUT2D eigenvalue weighted by Crippen LogP contribution is -2.17. The predicted molar refractivity (Wildman–Crippen MR) is 43.6 cm³/mol. The minimum atomic E-state index is 0.344. The zero-order chi connectivity index (χ0) is 8.69. The molecule has 11 heavy (non-hydrogen) atoms. The van der Waals surface area contributed by atoms with Crippen molar-refractivity contribution in [2.45, 2.75) is 32.5 Å². The van der Waals surface area contributed by atoms with Crippen LogP contribution in [0.5, 0.6) is 0 Å². The lowest BCUT2D eigenvalue weighted by molar-refractivity contribution is 0.00285. The Morgan fingerprint density at radius 3 is 2.45 bits per heavy atom. The molecule has 3 heteroatoms. The van der Waals surface area contributed by atoms with Crippen molar-refractivity contribution in [2.24, 2.45) is 0 Å². The number of aliphatic hydroxyl groups excluding tert-OH is 1. The standard InChI is InChI=1S/C7H14O2.CH4O/c1-6(2)9-7-3-4-8-5-7;1-2/h6-7H,3-5H2,1-2H3;2H,1H3. The Morgan fingerprint density at radius 2 is 2.09 bits per heavy atom. The maximum Gasteiger partial charge on any atom is 0.0833 e. The Balaban J connectivity index is 0.000000461. The molecule has 0 radical (unpaired) electrons. The van der Waals surface area contributed by atoms with E-state index in [9.17, 15) is 0 Å². The molecular formula is C8H18O3. The molecule has 68 valence electrons. The highest BCUT2D eigenvalue weighted by molar-refractivity contribution is 4.63. The van der Waals surface area contributed by atoms with Gasteiger partial charge in [-0.15, -0.1) is 0 Å². The number of hydrogen-bond acceptors (Lipinski definition) is 3. The first-order chi connectivity index (χ1) is 5.29. The molecular weight excluding hydrogens is 144 g/mol. The van der Waals surface area contributed by atoms with E-state index < -0.39 is 0 Å². The summed E-state index contributed by atoms with van der Waals surface area (Å²) in [5.41, 5.74) is 0. The van der Waals surface area contributed by atoms with E-state index in [0.29, 0.717) is 12.2 Å². The van der Waals surface area contributed by atoms with Gasteiger partial charge >= 0.3 is 0 Å². The molecule has 0 saturated carbocycles. The minimum Gasteiger partial charge on any atom is -0.400 e. The topological polar surface area (TPSA) is 38.7 Å². The van der Waals surface area contributed by atoms with Gasteiger partial charge in [-0.2, -0.15) is 0 Å². The van der Waals surface area contributed by atoms with E-state index in [1.165, 1.54) is 0 Å². The monoisotopic (exact) mass is 162 g/mol. The lowest BCUT2D eigenvalue weighted by atomic mass is 10.3. The summed E-state index contributed by atoms with van der Waals surface area (Å²) in [7, 11) is 1.00. The Bertz CT molecular complexity index is 77.4. The molecule has 1 fully saturated rings. The van der Waals surface area contributed by atoms with Gasteiger partial charge in [0.05, 0.1) is 18.8 Å². The largest absolute Gasteiger partial charge is 0.400 e. The molecule has 1 aliphatic heterocycles. The van der Waals surface area contributed by atoms with Crippen LogP contribution >= 0.6 is 0 Å². The van der Waals surface area contributed by atoms with Crippen molar-refractivity contribution in [3.05, 3.63) is 0 Å². The zero-order valence-electron chi connectivity index (χ0n) is 7.54. The maximum absolute atomic E-state index is 7.00. The number of hydrogen-bond donors (Lipinski definition) is 1. The van der Waals surface area contributed by atoms with Gasteiger partial charge in [-0.3, -0.25) is 0 Å². The molecule has 0 aromatic heterocycles. The highest BCUT2D eigenvalue weighted by atomic mass is 16.5. The van der Waals surface area contributed by atoms with Crippen molar-refractivity contribution >= 4 is 0 Å². The predicted octanol–water partition coefficient (Wildman–Crippen LogP) is 0.809. The van der Waals surface area contributed by atoms with Gasteiger partial charge in [0.2, 0.25) is 0 Å². The molecule has 0 bridgehead atoms. The molecule has 3 nitrogen and oxygen atoms in total. The van der Waals surface area contributed by atoms with E-state index in [1.54, 1.807) is 0 Å². The first kappa shape index (κ1) is 10.9. The van der Waals surface area contributed by atoms with Gasteiger partial charge in [0.25, 0.3) is 0 Å². The average molecular weight is 162 g/mol. The van der Waals surface area contributed by atoms with Crippen LogP contribution < -0.4 is 0 Å². The van der Waals surface area contributed by atoms with Crippen molar-refractivity contribution in [3.8, 4) is 0 Å². The Hall–Kier alpha value is -0.120. The molecule has 1 atom stereocenters. The van der Waals surface area contributed by atoms with Crippen LogP contribution in [-0.2, 0) is 9.47 Å². The fraction of sp³-hybridized carbons (Fsp3) is 1.00. The number of rotatable bonds is 2. The van der Waals surface area contributed by atoms with Crippen molar-refractivity contribution in [3.63, 3.8) is 0 Å². The van der Waals surface area contributed by atoms with Crippen LogP contribution in [0.15, 0.2) is 0 Å². The summed E-state index contributed by atoms with van der Waals surface area (Å²) in [5, 5.41) is 7.00. The van der Waals surface area contributed by atoms with Crippen LogP contribution in [0.1, 0.15) is 20.3 Å². The van der Waals surface area contributed by atoms with Crippen molar-refractivity contribution in [1.29, 1.82) is 0 Å². The Labute approximate surface area is 68.3 Å². The quantitative estimate of drug-likeness (QED) is 0.653. The third-order valence-electron chi connectivity index (χ3n) is 1.35. The molecule has 0 aromatic rings. The third kappa shape index (κ3) is 5.18. The second-order valence-electron chi connectivity index (χ2n) is 2.67. The molecule has 0 aromatic carbocycles. The van der Waals surface area contributed by atoms with Gasteiger partial charge in [-0.25, -0.2) is 0 Å². The van der Waals surface area contributed by atoms with E-state index in [-0.39, 0.29) is 0 Å². The smallest absolute Gasteiger partial charge is 0.0833 e. The van der Waals surface area contributed by atoms with Gasteiger partial charge < -0.3 is 14.6 Å². The van der Waals surface area contributed by atoms with Crippen molar-refractivity contribution in [1.82, 2.24) is 0 Å². The van der Waals surface area contributed by atoms with Crippen LogP contribution in [-0.4, -0.2) is 37.6 Å². The maximum atomic E-state index is 7.00. The zero-order valence-corrected chi connectivity index (χ0v) is 7.54. The average Bonchev–Trinajstić information content (AvgIpc) is 2.43. The fourth-order valence-electron chi connectivity index (χ4n) is 1.01. The minimum absolute atomic E-state index is 0.344. The summed E-state index contributed by atoms with van der Waals surface area (Å²) in [6.07, 6.45) is 1.78. The normalized spacial score (nSPS) is 23.2. The van der Waals surface area contributed by atoms with Crippen LogP contribution in [0.2, 0.25) is 0 Å². The highest BCUT2D eigenvalue weighted by Crippen LogP contribution is 2.09. The van der Waals surface area contributed by atoms with Gasteiger partial charge in [0, 0.05) is 13.7 Å². The van der Waals surface area contributed by atoms with Crippen molar-refractivity contribution < 1.29 is 14.6 Å². The van der Waals surface area contributed by atoms with E-state index in [2.05, 4.69) is 13.8 Å². The van der Waals surface area contributed by atoms with Crippen LogP contribution in [0.3, 0.4) is 0 Å².